The van der Waals surface area contributed by atoms with Crippen LogP contribution in [0.5, 0.6) is 5.75 Å². The lowest BCUT2D eigenvalue weighted by Gasteiger charge is -2.24. The molecule has 0 aliphatic heterocycles. The summed E-state index contributed by atoms with van der Waals surface area (Å²) in [5, 5.41) is 0. The lowest BCUT2D eigenvalue weighted by atomic mass is 10.0. The molecule has 1 aromatic rings. The number of benzene rings is 1. The number of nitrogens with zero attached hydrogens (tertiary/aromatic N) is 1. The molecular formula is C30H57NO5P+. The van der Waals surface area contributed by atoms with Crippen LogP contribution in [-0.2, 0) is 20.2 Å². The molecule has 2 unspecified atom stereocenters. The molecule has 0 amide bonds. The zero-order chi connectivity index (χ0) is 27.4. The third-order valence-corrected chi connectivity index (χ3v) is 8.18. The molecule has 1 N–H and O–H groups in total. The summed E-state index contributed by atoms with van der Waals surface area (Å²) in [6.45, 7) is 3.40. The van der Waals surface area contributed by atoms with E-state index in [1.165, 1.54) is 82.6 Å². The highest BCUT2D eigenvalue weighted by molar-refractivity contribution is 7.52. The van der Waals surface area contributed by atoms with E-state index in [4.69, 9.17) is 14.0 Å². The van der Waals surface area contributed by atoms with E-state index in [-0.39, 0.29) is 19.4 Å². The van der Waals surface area contributed by atoms with Gasteiger partial charge in [0, 0.05) is 13.5 Å². The molecular weight excluding hydrogens is 485 g/mol. The van der Waals surface area contributed by atoms with Crippen LogP contribution in [0.4, 0.5) is 0 Å². The summed E-state index contributed by atoms with van der Waals surface area (Å²) in [5.74, 6) is 0.774. The fraction of sp³-hybridized carbons (Fsp3) is 0.800. The Morgan fingerprint density at radius 1 is 0.811 bits per heavy atom. The lowest BCUT2D eigenvalue weighted by Crippen LogP contribution is -2.35. The quantitative estimate of drug-likeness (QED) is 0.0827. The van der Waals surface area contributed by atoms with Gasteiger partial charge in [-0.05, 0) is 30.5 Å². The molecule has 0 saturated carbocycles. The molecule has 0 aromatic heterocycles. The molecule has 37 heavy (non-hydrogen) atoms. The number of unbranched alkanes of at least 4 members (excludes halogenated alkanes) is 11. The van der Waals surface area contributed by atoms with E-state index in [9.17, 15) is 9.46 Å². The molecule has 1 aromatic carbocycles. The van der Waals surface area contributed by atoms with E-state index >= 15 is 0 Å². The number of ether oxygens (including phenoxy) is 2. The zero-order valence-electron chi connectivity index (χ0n) is 24.6. The standard InChI is InChI=1S/C30H56NO5P/c1-6-7-8-9-10-11-12-13-14-15-16-17-19-28-20-22-29(23-21-28)35-26-30(34-5)27-36-37(32,33)25-18-24-31(2,3)4/h20-23,30H,6-19,24-27H2,1-5H3/p+1. The van der Waals surface area contributed by atoms with Crippen LogP contribution in [0.15, 0.2) is 24.3 Å². The van der Waals surface area contributed by atoms with Gasteiger partial charge in [-0.25, -0.2) is 0 Å². The zero-order valence-corrected chi connectivity index (χ0v) is 25.5. The number of aryl methyl sites for hydroxylation is 1. The van der Waals surface area contributed by atoms with Crippen molar-refractivity contribution in [1.29, 1.82) is 0 Å². The minimum atomic E-state index is -3.62. The maximum absolute atomic E-state index is 12.3. The van der Waals surface area contributed by atoms with Gasteiger partial charge >= 0.3 is 7.60 Å². The fourth-order valence-corrected chi connectivity index (χ4v) is 5.37. The maximum Gasteiger partial charge on any atom is 0.328 e. The molecule has 0 aliphatic rings. The Kier molecular flexibility index (Phi) is 18.5. The van der Waals surface area contributed by atoms with Gasteiger partial charge in [-0.2, -0.15) is 0 Å². The first-order valence-corrected chi connectivity index (χ1v) is 16.4. The van der Waals surface area contributed by atoms with Gasteiger partial charge in [-0.1, -0.05) is 89.7 Å². The van der Waals surface area contributed by atoms with Crippen LogP contribution in [0.1, 0.15) is 96.0 Å². The third-order valence-electron chi connectivity index (χ3n) is 6.74. The normalized spacial score (nSPS) is 14.4. The predicted molar refractivity (Wildman–Crippen MR) is 156 cm³/mol. The second kappa shape index (κ2) is 20.1. The molecule has 0 bridgehead atoms. The molecule has 0 spiro atoms. The van der Waals surface area contributed by atoms with Gasteiger partial charge in [0.1, 0.15) is 18.5 Å². The highest BCUT2D eigenvalue weighted by atomic mass is 31.2. The largest absolute Gasteiger partial charge is 0.491 e. The van der Waals surface area contributed by atoms with E-state index < -0.39 is 13.7 Å². The lowest BCUT2D eigenvalue weighted by molar-refractivity contribution is -0.870. The summed E-state index contributed by atoms with van der Waals surface area (Å²) in [7, 11) is 4.13. The van der Waals surface area contributed by atoms with Crippen LogP contribution in [0.2, 0.25) is 0 Å². The van der Waals surface area contributed by atoms with E-state index in [0.717, 1.165) is 23.2 Å². The third kappa shape index (κ3) is 19.8. The predicted octanol–water partition coefficient (Wildman–Crippen LogP) is 7.62. The molecule has 6 nitrogen and oxygen atoms in total. The van der Waals surface area contributed by atoms with E-state index in [1.54, 1.807) is 7.11 Å². The van der Waals surface area contributed by atoms with Crippen LogP contribution in [-0.4, -0.2) is 69.7 Å². The van der Waals surface area contributed by atoms with Crippen LogP contribution in [0.3, 0.4) is 0 Å². The van der Waals surface area contributed by atoms with Gasteiger partial charge in [-0.15, -0.1) is 0 Å². The minimum absolute atomic E-state index is 0.0334. The number of methoxy groups -OCH3 is 1. The van der Waals surface area contributed by atoms with Gasteiger partial charge in [0.25, 0.3) is 0 Å². The smallest absolute Gasteiger partial charge is 0.328 e. The average molecular weight is 543 g/mol. The maximum atomic E-state index is 12.3. The first-order chi connectivity index (χ1) is 17.6. The summed E-state index contributed by atoms with van der Waals surface area (Å²) in [6.07, 6.45) is 17.9. The summed E-state index contributed by atoms with van der Waals surface area (Å²) < 4.78 is 29.6. The summed E-state index contributed by atoms with van der Waals surface area (Å²) in [6, 6.07) is 8.24. The highest BCUT2D eigenvalue weighted by Crippen LogP contribution is 2.42. The van der Waals surface area contributed by atoms with Crippen molar-refractivity contribution in [2.45, 2.75) is 103 Å². The van der Waals surface area contributed by atoms with Crippen molar-refractivity contribution in [3.05, 3.63) is 29.8 Å². The molecule has 0 aliphatic carbocycles. The Morgan fingerprint density at radius 2 is 1.35 bits per heavy atom. The van der Waals surface area contributed by atoms with Crippen LogP contribution in [0.25, 0.3) is 0 Å². The number of rotatable bonds is 24. The van der Waals surface area contributed by atoms with Crippen molar-refractivity contribution in [2.24, 2.45) is 0 Å². The van der Waals surface area contributed by atoms with Crippen molar-refractivity contribution < 1.29 is 27.9 Å². The Balaban J connectivity index is 2.15. The van der Waals surface area contributed by atoms with Crippen molar-refractivity contribution in [3.63, 3.8) is 0 Å². The fourth-order valence-electron chi connectivity index (χ4n) is 4.30. The van der Waals surface area contributed by atoms with Gasteiger partial charge in [0.2, 0.25) is 0 Å². The Labute approximate surface area is 228 Å². The first-order valence-electron chi connectivity index (χ1n) is 14.7. The molecule has 0 fully saturated rings. The monoisotopic (exact) mass is 542 g/mol. The molecule has 0 radical (unpaired) electrons. The number of hydrogen-bond acceptors (Lipinski definition) is 4. The summed E-state index contributed by atoms with van der Waals surface area (Å²) in [5.41, 5.74) is 1.33. The number of hydrogen-bond donors (Lipinski definition) is 1. The summed E-state index contributed by atoms with van der Waals surface area (Å²) in [4.78, 5) is 10.1. The van der Waals surface area contributed by atoms with Crippen molar-refractivity contribution in [1.82, 2.24) is 0 Å². The van der Waals surface area contributed by atoms with Gasteiger partial charge < -0.3 is 23.4 Å². The molecule has 2 atom stereocenters. The summed E-state index contributed by atoms with van der Waals surface area (Å²) >= 11 is 0. The minimum Gasteiger partial charge on any atom is -0.491 e. The second-order valence-corrected chi connectivity index (χ2v) is 13.5. The van der Waals surface area contributed by atoms with E-state index in [2.05, 4.69) is 40.2 Å². The van der Waals surface area contributed by atoms with Crippen LogP contribution in [0, 0.1) is 0 Å². The number of quaternary nitrogens is 1. The average Bonchev–Trinajstić information content (AvgIpc) is 2.84. The SMILES string of the molecule is CCCCCCCCCCCCCCc1ccc(OCC(COP(=O)(O)CCC[N+](C)(C)C)OC)cc1. The van der Waals surface area contributed by atoms with Crippen molar-refractivity contribution in [2.75, 3.05) is 54.2 Å². The van der Waals surface area contributed by atoms with Crippen molar-refractivity contribution >= 4 is 7.60 Å². The Morgan fingerprint density at radius 3 is 1.86 bits per heavy atom. The van der Waals surface area contributed by atoms with Gasteiger partial charge in [-0.3, -0.25) is 4.57 Å². The molecule has 1 rings (SSSR count). The second-order valence-electron chi connectivity index (χ2n) is 11.5. The molecule has 216 valence electrons. The first kappa shape index (κ1) is 34.1. The topological polar surface area (TPSA) is 65.0 Å². The highest BCUT2D eigenvalue weighted by Gasteiger charge is 2.23. The van der Waals surface area contributed by atoms with E-state index in [0.29, 0.717) is 6.42 Å². The Bertz CT molecular complexity index is 720. The van der Waals surface area contributed by atoms with Gasteiger partial charge in [0.15, 0.2) is 0 Å². The van der Waals surface area contributed by atoms with Crippen molar-refractivity contribution in [3.8, 4) is 5.75 Å². The van der Waals surface area contributed by atoms with Crippen LogP contribution >= 0.6 is 7.60 Å². The van der Waals surface area contributed by atoms with E-state index in [1.807, 2.05) is 12.1 Å². The molecule has 0 saturated heterocycles. The molecule has 7 heteroatoms. The Hall–Kier alpha value is -0.910. The van der Waals surface area contributed by atoms with Crippen LogP contribution < -0.4 is 4.74 Å². The molecule has 0 heterocycles. The van der Waals surface area contributed by atoms with Gasteiger partial charge in [0.05, 0.1) is 40.5 Å².